The number of hydrogen-bond acceptors (Lipinski definition) is 14. The molecule has 322 valence electrons. The van der Waals surface area contributed by atoms with E-state index in [0.29, 0.717) is 56.2 Å². The highest BCUT2D eigenvalue weighted by Gasteiger charge is 2.45. The van der Waals surface area contributed by atoms with Crippen molar-refractivity contribution in [2.45, 2.75) is 25.3 Å². The van der Waals surface area contributed by atoms with Crippen LogP contribution in [0.25, 0.3) is 22.0 Å². The van der Waals surface area contributed by atoms with Crippen LogP contribution in [-0.4, -0.2) is 140 Å². The Balaban J connectivity index is 0.853. The van der Waals surface area contributed by atoms with Crippen LogP contribution in [-0.2, 0) is 23.9 Å². The number of carbonyl (C=O) groups is 5. The molecule has 61 heavy (non-hydrogen) atoms. The Bertz CT molecular complexity index is 2350. The van der Waals surface area contributed by atoms with Gasteiger partial charge in [0.2, 0.25) is 23.7 Å². The van der Waals surface area contributed by atoms with Crippen molar-refractivity contribution in [3.8, 4) is 16.9 Å². The number of anilines is 3. The number of imide groups is 2. The van der Waals surface area contributed by atoms with Crippen LogP contribution in [0.5, 0.6) is 5.75 Å². The molecule has 0 aliphatic carbocycles. The molecule has 3 aliphatic heterocycles. The molecule has 7 rings (SSSR count). The number of ether oxygens (including phenoxy) is 2. The maximum absolute atomic E-state index is 16.3. The Hall–Kier alpha value is -6.02. The number of aromatic hydroxyl groups is 1. The first-order valence-electron chi connectivity index (χ1n) is 19.8. The number of aromatic nitrogens is 2. The second-order valence-electron chi connectivity index (χ2n) is 14.5. The first kappa shape index (κ1) is 43.1. The van der Waals surface area contributed by atoms with E-state index in [2.05, 4.69) is 31.2 Å². The highest BCUT2D eigenvalue weighted by Crippen LogP contribution is 2.42. The van der Waals surface area contributed by atoms with E-state index >= 15 is 4.39 Å². The third-order valence-electron chi connectivity index (χ3n) is 10.5. The lowest BCUT2D eigenvalue weighted by atomic mass is 10.0. The monoisotopic (exact) mass is 863 g/mol. The lowest BCUT2D eigenvalue weighted by Gasteiger charge is -2.29. The number of carbonyl (C=O) groups excluding carboxylic acids is 5. The van der Waals surface area contributed by atoms with Crippen LogP contribution in [0.3, 0.4) is 0 Å². The van der Waals surface area contributed by atoms with Crippen molar-refractivity contribution in [1.29, 1.82) is 0 Å². The van der Waals surface area contributed by atoms with Gasteiger partial charge in [0.15, 0.2) is 5.82 Å². The summed E-state index contributed by atoms with van der Waals surface area (Å²) in [6, 6.07) is 8.88. The Morgan fingerprint density at radius 1 is 0.951 bits per heavy atom. The number of rotatable bonds is 17. The fraction of sp³-hybridized carbons (Fsp3) is 0.390. The molecule has 4 heterocycles. The number of piperidine rings is 1. The van der Waals surface area contributed by atoms with E-state index in [1.165, 1.54) is 29.2 Å². The van der Waals surface area contributed by atoms with Crippen molar-refractivity contribution in [1.82, 2.24) is 30.4 Å². The summed E-state index contributed by atoms with van der Waals surface area (Å²) in [7, 11) is 1.64. The SMILES string of the molecule is CN(CCOCCOCCNc1cccc2c1C(=O)N(C1CCC(=O)NC1=O)C2=O)C(=O)CCNc1nc(N2CCNCC2)c2cc(Cl)c(-c3c(O)cccc3F)c(F)c2n1. The number of benzene rings is 3. The van der Waals surface area contributed by atoms with Gasteiger partial charge in [-0.15, -0.1) is 0 Å². The van der Waals surface area contributed by atoms with E-state index in [9.17, 15) is 33.5 Å². The topological polar surface area (TPSA) is 208 Å². The van der Waals surface area contributed by atoms with Crippen molar-refractivity contribution in [2.24, 2.45) is 0 Å². The molecule has 0 radical (unpaired) electrons. The number of piperazine rings is 1. The van der Waals surface area contributed by atoms with Gasteiger partial charge in [0.05, 0.1) is 48.1 Å². The summed E-state index contributed by atoms with van der Waals surface area (Å²) in [6.45, 7) is 4.26. The molecule has 4 aromatic rings. The molecule has 20 heteroatoms. The number of nitrogens with one attached hydrogen (secondary N) is 4. The summed E-state index contributed by atoms with van der Waals surface area (Å²) in [5.74, 6) is -4.25. The van der Waals surface area contributed by atoms with Crippen molar-refractivity contribution in [3.05, 3.63) is 70.2 Å². The second-order valence-corrected chi connectivity index (χ2v) is 14.9. The molecule has 3 aliphatic rings. The number of amides is 5. The standard InChI is InChI=1S/C41H44ClF2N9O8/c1-51(17-19-61-21-20-60-18-14-46-27-6-2-4-23-32(27)40(59)53(39(23)58)28-8-9-30(55)48-38(28)57)31(56)10-11-47-41-49-36-24(37(50-41)52-15-12-45-13-16-52)22-25(42)33(35(36)44)34-26(43)5-3-7-29(34)54/h2-7,22,28,45-46,54H,8-21H2,1H3,(H,47,49,50)(H,48,55,57). The zero-order valence-corrected chi connectivity index (χ0v) is 33.9. The van der Waals surface area contributed by atoms with Crippen LogP contribution < -0.4 is 26.2 Å². The fourth-order valence-corrected chi connectivity index (χ4v) is 7.69. The van der Waals surface area contributed by atoms with Gasteiger partial charge in [-0.1, -0.05) is 23.7 Å². The van der Waals surface area contributed by atoms with Gasteiger partial charge in [0.25, 0.3) is 11.8 Å². The normalized spacial score (nSPS) is 16.6. The Morgan fingerprint density at radius 3 is 2.46 bits per heavy atom. The minimum absolute atomic E-state index is 0.0331. The number of hydrogen-bond donors (Lipinski definition) is 5. The lowest BCUT2D eigenvalue weighted by Crippen LogP contribution is -2.54. The molecule has 2 fully saturated rings. The van der Waals surface area contributed by atoms with Crippen molar-refractivity contribution in [3.63, 3.8) is 0 Å². The lowest BCUT2D eigenvalue weighted by molar-refractivity contribution is -0.136. The summed E-state index contributed by atoms with van der Waals surface area (Å²) in [4.78, 5) is 76.7. The van der Waals surface area contributed by atoms with E-state index in [-0.39, 0.29) is 96.9 Å². The first-order chi connectivity index (χ1) is 29.4. The largest absolute Gasteiger partial charge is 0.507 e. The molecule has 0 spiro atoms. The number of phenols is 1. The minimum Gasteiger partial charge on any atom is -0.507 e. The molecular formula is C41H44ClF2N9O8. The second kappa shape index (κ2) is 19.1. The molecule has 1 unspecified atom stereocenters. The molecule has 17 nitrogen and oxygen atoms in total. The fourth-order valence-electron chi connectivity index (χ4n) is 7.41. The zero-order chi connectivity index (χ0) is 43.2. The predicted molar refractivity (Wildman–Crippen MR) is 221 cm³/mol. The third-order valence-corrected chi connectivity index (χ3v) is 10.8. The average Bonchev–Trinajstić information content (AvgIpc) is 3.50. The van der Waals surface area contributed by atoms with Crippen LogP contribution in [0.2, 0.25) is 5.02 Å². The van der Waals surface area contributed by atoms with E-state index < -0.39 is 47.1 Å². The van der Waals surface area contributed by atoms with Gasteiger partial charge in [-0.25, -0.2) is 13.8 Å². The summed E-state index contributed by atoms with van der Waals surface area (Å²) in [5, 5.41) is 22.2. The number of fused-ring (bicyclic) bond motifs is 2. The number of likely N-dealkylation sites (N-methyl/N-ethyl adjacent to an activating group) is 1. The molecule has 2 saturated heterocycles. The zero-order valence-electron chi connectivity index (χ0n) is 33.2. The molecule has 3 aromatic carbocycles. The molecule has 5 N–H and O–H groups in total. The average molecular weight is 864 g/mol. The predicted octanol–water partition coefficient (Wildman–Crippen LogP) is 3.15. The number of halogens is 3. The van der Waals surface area contributed by atoms with Gasteiger partial charge in [0, 0.05) is 82.3 Å². The smallest absolute Gasteiger partial charge is 0.264 e. The van der Waals surface area contributed by atoms with E-state index in [0.717, 1.165) is 11.0 Å². The van der Waals surface area contributed by atoms with E-state index in [1.54, 1.807) is 19.2 Å². The van der Waals surface area contributed by atoms with Gasteiger partial charge < -0.3 is 40.3 Å². The van der Waals surface area contributed by atoms with Crippen LogP contribution >= 0.6 is 11.6 Å². The molecule has 1 aromatic heterocycles. The van der Waals surface area contributed by atoms with E-state index in [4.69, 9.17) is 21.1 Å². The maximum Gasteiger partial charge on any atom is 0.264 e. The molecule has 0 bridgehead atoms. The number of nitrogens with zero attached hydrogens (tertiary/aromatic N) is 5. The highest BCUT2D eigenvalue weighted by molar-refractivity contribution is 6.34. The minimum atomic E-state index is -1.05. The van der Waals surface area contributed by atoms with Gasteiger partial charge >= 0.3 is 0 Å². The first-order valence-corrected chi connectivity index (χ1v) is 20.2. The van der Waals surface area contributed by atoms with Crippen LogP contribution in [0.15, 0.2) is 42.5 Å². The van der Waals surface area contributed by atoms with Crippen LogP contribution in [0.4, 0.5) is 26.2 Å². The van der Waals surface area contributed by atoms with Crippen LogP contribution in [0, 0.1) is 11.6 Å². The molecule has 5 amide bonds. The van der Waals surface area contributed by atoms with Gasteiger partial charge in [-0.2, -0.15) is 4.98 Å². The van der Waals surface area contributed by atoms with Crippen molar-refractivity contribution < 1.29 is 47.3 Å². The highest BCUT2D eigenvalue weighted by atomic mass is 35.5. The van der Waals surface area contributed by atoms with Gasteiger partial charge in [-0.3, -0.25) is 34.2 Å². The van der Waals surface area contributed by atoms with E-state index in [1.807, 2.05) is 4.90 Å². The maximum atomic E-state index is 16.3. The summed E-state index contributed by atoms with van der Waals surface area (Å²) in [6.07, 6.45) is 0.164. The Labute approximate surface area is 353 Å². The Kier molecular flexibility index (Phi) is 13.5. The van der Waals surface area contributed by atoms with Gasteiger partial charge in [0.1, 0.15) is 28.9 Å². The van der Waals surface area contributed by atoms with Gasteiger partial charge in [-0.05, 0) is 36.8 Å². The van der Waals surface area contributed by atoms with Crippen molar-refractivity contribution in [2.75, 3.05) is 94.8 Å². The quantitative estimate of drug-likeness (QED) is 0.0764. The molecule has 1 atom stereocenters. The Morgan fingerprint density at radius 2 is 1.70 bits per heavy atom. The number of phenolic OH excluding ortho intramolecular Hbond substituents is 1. The summed E-state index contributed by atoms with van der Waals surface area (Å²) >= 11 is 6.52. The molecular weight excluding hydrogens is 820 g/mol. The third kappa shape index (κ3) is 9.34. The molecule has 0 saturated carbocycles. The van der Waals surface area contributed by atoms with Crippen LogP contribution in [0.1, 0.15) is 40.0 Å². The summed E-state index contributed by atoms with van der Waals surface area (Å²) in [5.41, 5.74) is -0.0581. The summed E-state index contributed by atoms with van der Waals surface area (Å²) < 4.78 is 42.4. The van der Waals surface area contributed by atoms with Crippen molar-refractivity contribution >= 4 is 69.5 Å².